The molecule has 0 saturated heterocycles. The van der Waals surface area contributed by atoms with Gasteiger partial charge in [-0.1, -0.05) is 11.6 Å². The number of nitrogens with one attached hydrogen (secondary N) is 1. The van der Waals surface area contributed by atoms with E-state index in [0.717, 1.165) is 4.90 Å². The molecule has 1 aromatic heterocycles. The second-order valence-corrected chi connectivity index (χ2v) is 7.00. The second-order valence-electron chi connectivity index (χ2n) is 4.23. The van der Waals surface area contributed by atoms with Crippen LogP contribution in [0.3, 0.4) is 0 Å². The standard InChI is InChI=1S/C14H13ClN2O2S2/c1-8(21-10-4-2-9(15)3-5-10)13(19)17-14-11(12(16)18)6-7-20-14/h2-8H,1H3,(H2,16,18)(H,17,19). The first-order valence-electron chi connectivity index (χ1n) is 6.07. The molecule has 1 unspecified atom stereocenters. The van der Waals surface area contributed by atoms with Crippen LogP contribution in [0.5, 0.6) is 0 Å². The highest BCUT2D eigenvalue weighted by Gasteiger charge is 2.18. The van der Waals surface area contributed by atoms with Crippen LogP contribution in [0.1, 0.15) is 17.3 Å². The summed E-state index contributed by atoms with van der Waals surface area (Å²) in [5.74, 6) is -0.732. The summed E-state index contributed by atoms with van der Waals surface area (Å²) in [4.78, 5) is 24.3. The highest BCUT2D eigenvalue weighted by Crippen LogP contribution is 2.27. The third-order valence-corrected chi connectivity index (χ3v) is 4.86. The molecule has 0 aliphatic carbocycles. The molecule has 0 aliphatic rings. The number of carbonyl (C=O) groups excluding carboxylic acids is 2. The minimum absolute atomic E-state index is 0.181. The first-order valence-corrected chi connectivity index (χ1v) is 8.21. The average Bonchev–Trinajstić information content (AvgIpc) is 2.89. The van der Waals surface area contributed by atoms with E-state index in [-0.39, 0.29) is 11.2 Å². The first kappa shape index (κ1) is 15.9. The summed E-state index contributed by atoms with van der Waals surface area (Å²) in [6, 6.07) is 8.87. The molecule has 0 fully saturated rings. The monoisotopic (exact) mass is 340 g/mol. The highest BCUT2D eigenvalue weighted by molar-refractivity contribution is 8.00. The normalized spacial score (nSPS) is 11.9. The van der Waals surface area contributed by atoms with Gasteiger partial charge >= 0.3 is 0 Å². The van der Waals surface area contributed by atoms with E-state index in [1.807, 2.05) is 12.1 Å². The van der Waals surface area contributed by atoms with Gasteiger partial charge in [0.25, 0.3) is 5.91 Å². The third-order valence-electron chi connectivity index (χ3n) is 2.66. The SMILES string of the molecule is CC(Sc1ccc(Cl)cc1)C(=O)Nc1sccc1C(N)=O. The number of nitrogens with two attached hydrogens (primary N) is 1. The minimum atomic E-state index is -0.551. The molecule has 0 radical (unpaired) electrons. The number of benzene rings is 1. The van der Waals surface area contributed by atoms with E-state index >= 15 is 0 Å². The van der Waals surface area contributed by atoms with Gasteiger partial charge in [-0.3, -0.25) is 9.59 Å². The fourth-order valence-electron chi connectivity index (χ4n) is 1.58. The number of thiophene rings is 1. The largest absolute Gasteiger partial charge is 0.366 e. The van der Waals surface area contributed by atoms with Gasteiger partial charge in [-0.2, -0.15) is 0 Å². The summed E-state index contributed by atoms with van der Waals surface area (Å²) in [5, 5.41) is 5.28. The van der Waals surface area contributed by atoms with Gasteiger partial charge in [-0.25, -0.2) is 0 Å². The molecule has 0 spiro atoms. The Hall–Kier alpha value is -1.50. The molecule has 0 saturated carbocycles. The van der Waals surface area contributed by atoms with Gasteiger partial charge in [-0.15, -0.1) is 23.1 Å². The predicted octanol–water partition coefficient (Wildman–Crippen LogP) is 3.62. The van der Waals surface area contributed by atoms with Crippen molar-refractivity contribution in [3.05, 3.63) is 46.3 Å². The van der Waals surface area contributed by atoms with E-state index in [4.69, 9.17) is 17.3 Å². The molecule has 0 aliphatic heterocycles. The number of halogens is 1. The number of hydrogen-bond donors (Lipinski definition) is 2. The Morgan fingerprint density at radius 1 is 1.29 bits per heavy atom. The first-order chi connectivity index (χ1) is 9.97. The van der Waals surface area contributed by atoms with E-state index in [9.17, 15) is 9.59 Å². The van der Waals surface area contributed by atoms with Gasteiger partial charge in [0.1, 0.15) is 5.00 Å². The Balaban J connectivity index is 2.01. The summed E-state index contributed by atoms with van der Waals surface area (Å²) in [7, 11) is 0. The van der Waals surface area contributed by atoms with Gasteiger partial charge in [0, 0.05) is 9.92 Å². The number of rotatable bonds is 5. The Kier molecular flexibility index (Phi) is 5.27. The van der Waals surface area contributed by atoms with Crippen molar-refractivity contribution in [2.24, 2.45) is 5.73 Å². The van der Waals surface area contributed by atoms with Crippen LogP contribution < -0.4 is 11.1 Å². The maximum Gasteiger partial charge on any atom is 0.251 e. The number of thioether (sulfide) groups is 1. The van der Waals surface area contributed by atoms with E-state index in [2.05, 4.69) is 5.32 Å². The van der Waals surface area contributed by atoms with Crippen LogP contribution in [-0.2, 0) is 4.79 Å². The van der Waals surface area contributed by atoms with Gasteiger partial charge < -0.3 is 11.1 Å². The lowest BCUT2D eigenvalue weighted by atomic mass is 10.3. The number of anilines is 1. The molecular formula is C14H13ClN2O2S2. The van der Waals surface area contributed by atoms with Gasteiger partial charge in [0.2, 0.25) is 5.91 Å². The highest BCUT2D eigenvalue weighted by atomic mass is 35.5. The summed E-state index contributed by atoms with van der Waals surface area (Å²) >= 11 is 8.51. The lowest BCUT2D eigenvalue weighted by Crippen LogP contribution is -2.23. The van der Waals surface area contributed by atoms with E-state index in [1.165, 1.54) is 23.1 Å². The van der Waals surface area contributed by atoms with Crippen molar-refractivity contribution in [2.75, 3.05) is 5.32 Å². The van der Waals surface area contributed by atoms with E-state index < -0.39 is 5.91 Å². The molecule has 0 bridgehead atoms. The van der Waals surface area contributed by atoms with Crippen LogP contribution in [0.2, 0.25) is 5.02 Å². The van der Waals surface area contributed by atoms with Gasteiger partial charge in [0.05, 0.1) is 10.8 Å². The van der Waals surface area contributed by atoms with Crippen molar-refractivity contribution in [1.29, 1.82) is 0 Å². The lowest BCUT2D eigenvalue weighted by Gasteiger charge is -2.11. The minimum Gasteiger partial charge on any atom is -0.366 e. The molecule has 21 heavy (non-hydrogen) atoms. The third kappa shape index (κ3) is 4.23. The number of primary amides is 1. The predicted molar refractivity (Wildman–Crippen MR) is 88.2 cm³/mol. The summed E-state index contributed by atoms with van der Waals surface area (Å²) < 4.78 is 0. The Labute approximate surface area is 135 Å². The van der Waals surface area contributed by atoms with Crippen molar-refractivity contribution in [1.82, 2.24) is 0 Å². The van der Waals surface area contributed by atoms with Crippen LogP contribution >= 0.6 is 34.7 Å². The number of amides is 2. The molecule has 4 nitrogen and oxygen atoms in total. The Morgan fingerprint density at radius 2 is 1.95 bits per heavy atom. The summed E-state index contributed by atoms with van der Waals surface area (Å²) in [6.45, 7) is 1.80. The molecule has 110 valence electrons. The molecule has 1 atom stereocenters. The van der Waals surface area contributed by atoms with Crippen molar-refractivity contribution in [3.63, 3.8) is 0 Å². The molecular weight excluding hydrogens is 328 g/mol. The molecule has 7 heteroatoms. The van der Waals surface area contributed by atoms with E-state index in [1.54, 1.807) is 30.5 Å². The second kappa shape index (κ2) is 6.98. The van der Waals surface area contributed by atoms with Crippen LogP contribution in [0, 0.1) is 0 Å². The molecule has 2 rings (SSSR count). The van der Waals surface area contributed by atoms with Crippen molar-refractivity contribution in [2.45, 2.75) is 17.1 Å². The maximum atomic E-state index is 12.2. The summed E-state index contributed by atoms with van der Waals surface area (Å²) in [5.41, 5.74) is 5.58. The Morgan fingerprint density at radius 3 is 2.57 bits per heavy atom. The summed E-state index contributed by atoms with van der Waals surface area (Å²) in [6.07, 6.45) is 0. The van der Waals surface area contributed by atoms with Crippen LogP contribution in [0.25, 0.3) is 0 Å². The average molecular weight is 341 g/mol. The van der Waals surface area contributed by atoms with Crippen molar-refractivity contribution >= 4 is 51.5 Å². The van der Waals surface area contributed by atoms with Crippen LogP contribution in [0.4, 0.5) is 5.00 Å². The zero-order chi connectivity index (χ0) is 15.4. The van der Waals surface area contributed by atoms with Crippen molar-refractivity contribution in [3.8, 4) is 0 Å². The number of hydrogen-bond acceptors (Lipinski definition) is 4. The molecule has 1 heterocycles. The zero-order valence-electron chi connectivity index (χ0n) is 11.1. The van der Waals surface area contributed by atoms with E-state index in [0.29, 0.717) is 15.6 Å². The van der Waals surface area contributed by atoms with Gasteiger partial charge in [-0.05, 0) is 42.6 Å². The van der Waals surface area contributed by atoms with Gasteiger partial charge in [0.15, 0.2) is 0 Å². The Bertz CT molecular complexity index is 655. The molecule has 3 N–H and O–H groups in total. The zero-order valence-corrected chi connectivity index (χ0v) is 13.5. The quantitative estimate of drug-likeness (QED) is 0.816. The number of carbonyl (C=O) groups is 2. The fraction of sp³-hybridized carbons (Fsp3) is 0.143. The molecule has 2 amide bonds. The van der Waals surface area contributed by atoms with Crippen molar-refractivity contribution < 1.29 is 9.59 Å². The fourth-order valence-corrected chi connectivity index (χ4v) is 3.37. The molecule has 2 aromatic rings. The lowest BCUT2D eigenvalue weighted by molar-refractivity contribution is -0.115. The van der Waals surface area contributed by atoms with Crippen LogP contribution in [-0.4, -0.2) is 17.1 Å². The molecule has 1 aromatic carbocycles. The smallest absolute Gasteiger partial charge is 0.251 e. The van der Waals surface area contributed by atoms with Crippen LogP contribution in [0.15, 0.2) is 40.6 Å². The maximum absolute atomic E-state index is 12.2. The topological polar surface area (TPSA) is 72.2 Å².